The molecule has 0 fully saturated rings. The summed E-state index contributed by atoms with van der Waals surface area (Å²) in [6.45, 7) is 1.98. The second-order valence-electron chi connectivity index (χ2n) is 7.09. The van der Waals surface area contributed by atoms with Crippen LogP contribution in [0.15, 0.2) is 70.3 Å². The summed E-state index contributed by atoms with van der Waals surface area (Å²) < 4.78 is 16.3. The molecule has 1 amide bonds. The second kappa shape index (κ2) is 9.74. The van der Waals surface area contributed by atoms with E-state index in [9.17, 15) is 4.79 Å². The molecule has 164 valence electrons. The van der Waals surface area contributed by atoms with E-state index in [1.165, 1.54) is 11.8 Å². The minimum atomic E-state index is -0.129. The lowest BCUT2D eigenvalue weighted by molar-refractivity contribution is -0.119. The molecule has 0 saturated heterocycles. The Hall–Kier alpha value is -3.52. The molecule has 8 heteroatoms. The molecule has 1 aromatic heterocycles. The first-order valence-electron chi connectivity index (χ1n) is 10.0. The summed E-state index contributed by atoms with van der Waals surface area (Å²) in [5, 5.41) is 13.8. The summed E-state index contributed by atoms with van der Waals surface area (Å²) in [6.07, 6.45) is 0. The lowest BCUT2D eigenvalue weighted by Gasteiger charge is -2.16. The quantitative estimate of drug-likeness (QED) is 0.384. The van der Waals surface area contributed by atoms with Crippen LogP contribution < -0.4 is 14.8 Å². The number of rotatable bonds is 8. The molecular weight excluding hydrogens is 426 g/mol. The molecule has 0 aliphatic carbocycles. The molecule has 32 heavy (non-hydrogen) atoms. The number of carbonyl (C=O) groups excluding carboxylic acids is 1. The van der Waals surface area contributed by atoms with Gasteiger partial charge in [-0.25, -0.2) is 0 Å². The highest BCUT2D eigenvalue weighted by atomic mass is 32.2. The van der Waals surface area contributed by atoms with Crippen molar-refractivity contribution < 1.29 is 18.7 Å². The molecular formula is C24H23N3O4S. The Morgan fingerprint density at radius 1 is 1.06 bits per heavy atom. The molecule has 0 saturated carbocycles. The number of methoxy groups -OCH3 is 2. The molecule has 1 N–H and O–H groups in total. The number of nitrogens with one attached hydrogen (secondary N) is 1. The van der Waals surface area contributed by atoms with Crippen molar-refractivity contribution in [3.63, 3.8) is 0 Å². The van der Waals surface area contributed by atoms with Gasteiger partial charge in [0.05, 0.1) is 31.6 Å². The first kappa shape index (κ1) is 21.7. The van der Waals surface area contributed by atoms with E-state index < -0.39 is 0 Å². The van der Waals surface area contributed by atoms with Gasteiger partial charge in [0.15, 0.2) is 0 Å². The summed E-state index contributed by atoms with van der Waals surface area (Å²) in [5.74, 6) is 1.59. The molecule has 1 atom stereocenters. The number of hydrogen-bond acceptors (Lipinski definition) is 7. The summed E-state index contributed by atoms with van der Waals surface area (Å²) in [5.41, 5.74) is 1.73. The van der Waals surface area contributed by atoms with Gasteiger partial charge in [-0.1, -0.05) is 54.2 Å². The van der Waals surface area contributed by atoms with Gasteiger partial charge in [-0.2, -0.15) is 0 Å². The average Bonchev–Trinajstić information content (AvgIpc) is 3.30. The smallest absolute Gasteiger partial charge is 0.277 e. The number of benzene rings is 3. The number of nitrogens with zero attached hydrogens (tertiary/aromatic N) is 2. The van der Waals surface area contributed by atoms with Crippen molar-refractivity contribution in [2.75, 3.05) is 20.0 Å². The van der Waals surface area contributed by atoms with Gasteiger partial charge in [0.25, 0.3) is 11.1 Å². The highest BCUT2D eigenvalue weighted by molar-refractivity contribution is 7.99. The third-order valence-corrected chi connectivity index (χ3v) is 5.86. The third kappa shape index (κ3) is 4.70. The maximum absolute atomic E-state index is 12.5. The van der Waals surface area contributed by atoms with E-state index in [4.69, 9.17) is 13.9 Å². The van der Waals surface area contributed by atoms with Crippen molar-refractivity contribution in [2.45, 2.75) is 18.2 Å². The second-order valence-corrected chi connectivity index (χ2v) is 8.01. The third-order valence-electron chi connectivity index (χ3n) is 5.04. The van der Waals surface area contributed by atoms with Crippen molar-refractivity contribution >= 4 is 28.4 Å². The van der Waals surface area contributed by atoms with Crippen LogP contribution in [0.3, 0.4) is 0 Å². The molecule has 7 nitrogen and oxygen atoms in total. The fourth-order valence-electron chi connectivity index (χ4n) is 3.47. The number of fused-ring (bicyclic) bond motifs is 1. The zero-order valence-corrected chi connectivity index (χ0v) is 18.8. The molecule has 1 heterocycles. The fourth-order valence-corrected chi connectivity index (χ4v) is 4.04. The topological polar surface area (TPSA) is 86.5 Å². The lowest BCUT2D eigenvalue weighted by atomic mass is 10.00. The predicted molar refractivity (Wildman–Crippen MR) is 124 cm³/mol. The van der Waals surface area contributed by atoms with E-state index in [2.05, 4.69) is 33.7 Å². The Bertz CT molecular complexity index is 1240. The van der Waals surface area contributed by atoms with Gasteiger partial charge in [0.2, 0.25) is 5.91 Å². The summed E-state index contributed by atoms with van der Waals surface area (Å²) in [4.78, 5) is 12.5. The Morgan fingerprint density at radius 2 is 1.88 bits per heavy atom. The largest absolute Gasteiger partial charge is 0.497 e. The minimum Gasteiger partial charge on any atom is -0.497 e. The Balaban J connectivity index is 1.39. The van der Waals surface area contributed by atoms with E-state index in [-0.39, 0.29) is 17.7 Å². The SMILES string of the molecule is COc1ccc(-c2nnc(SCC(=O)N[C@H](C)c3cccc4ccccc34)o2)c(OC)c1. The molecule has 0 aliphatic rings. The van der Waals surface area contributed by atoms with E-state index in [1.807, 2.05) is 31.2 Å². The fraction of sp³-hybridized carbons (Fsp3) is 0.208. The monoisotopic (exact) mass is 449 g/mol. The Kier molecular flexibility index (Phi) is 6.61. The van der Waals surface area contributed by atoms with Crippen LogP contribution in [-0.4, -0.2) is 36.1 Å². The van der Waals surface area contributed by atoms with Crippen LogP contribution >= 0.6 is 11.8 Å². The average molecular weight is 450 g/mol. The van der Waals surface area contributed by atoms with Crippen molar-refractivity contribution in [2.24, 2.45) is 0 Å². The first-order chi connectivity index (χ1) is 15.6. The number of amides is 1. The van der Waals surface area contributed by atoms with Crippen LogP contribution in [0.5, 0.6) is 11.5 Å². The van der Waals surface area contributed by atoms with E-state index in [0.717, 1.165) is 16.3 Å². The van der Waals surface area contributed by atoms with Gasteiger partial charge in [-0.3, -0.25) is 4.79 Å². The predicted octanol–water partition coefficient (Wildman–Crippen LogP) is 4.88. The normalized spacial score (nSPS) is 11.8. The van der Waals surface area contributed by atoms with Gasteiger partial charge in [-0.05, 0) is 35.4 Å². The van der Waals surface area contributed by atoms with Crippen LogP contribution in [0, 0.1) is 0 Å². The number of aromatic nitrogens is 2. The zero-order valence-electron chi connectivity index (χ0n) is 18.0. The molecule has 4 rings (SSSR count). The van der Waals surface area contributed by atoms with Crippen molar-refractivity contribution in [1.29, 1.82) is 0 Å². The molecule has 0 radical (unpaired) electrons. The number of carbonyl (C=O) groups is 1. The van der Waals surface area contributed by atoms with Crippen LogP contribution in [0.2, 0.25) is 0 Å². The highest BCUT2D eigenvalue weighted by Crippen LogP contribution is 2.33. The van der Waals surface area contributed by atoms with Gasteiger partial charge < -0.3 is 19.2 Å². The highest BCUT2D eigenvalue weighted by Gasteiger charge is 2.17. The summed E-state index contributed by atoms with van der Waals surface area (Å²) in [7, 11) is 3.15. The number of hydrogen-bond donors (Lipinski definition) is 1. The van der Waals surface area contributed by atoms with Crippen molar-refractivity contribution in [1.82, 2.24) is 15.5 Å². The minimum absolute atomic E-state index is 0.114. The van der Waals surface area contributed by atoms with Gasteiger partial charge in [0, 0.05) is 6.07 Å². The number of thioether (sulfide) groups is 1. The maximum atomic E-state index is 12.5. The van der Waals surface area contributed by atoms with Crippen LogP contribution in [0.4, 0.5) is 0 Å². The van der Waals surface area contributed by atoms with Crippen LogP contribution in [0.25, 0.3) is 22.2 Å². The van der Waals surface area contributed by atoms with E-state index in [0.29, 0.717) is 28.2 Å². The molecule has 3 aromatic carbocycles. The van der Waals surface area contributed by atoms with Crippen molar-refractivity contribution in [3.05, 3.63) is 66.2 Å². The molecule has 0 spiro atoms. The standard InChI is InChI=1S/C24H23N3O4S/c1-15(18-10-6-8-16-7-4-5-9-19(16)18)25-22(28)14-32-24-27-26-23(31-24)20-12-11-17(29-2)13-21(20)30-3/h4-13,15H,14H2,1-3H3,(H,25,28)/t15-/m1/s1. The van der Waals surface area contributed by atoms with Crippen molar-refractivity contribution in [3.8, 4) is 23.0 Å². The number of ether oxygens (including phenoxy) is 2. The van der Waals surface area contributed by atoms with Gasteiger partial charge >= 0.3 is 0 Å². The Labute approximate surface area is 190 Å². The van der Waals surface area contributed by atoms with Crippen LogP contribution in [0.1, 0.15) is 18.5 Å². The summed E-state index contributed by atoms with van der Waals surface area (Å²) in [6, 6.07) is 19.4. The lowest BCUT2D eigenvalue weighted by Crippen LogP contribution is -2.28. The summed E-state index contributed by atoms with van der Waals surface area (Å²) >= 11 is 1.19. The maximum Gasteiger partial charge on any atom is 0.277 e. The van der Waals surface area contributed by atoms with Gasteiger partial charge in [0.1, 0.15) is 11.5 Å². The molecule has 0 bridgehead atoms. The molecule has 0 unspecified atom stereocenters. The van der Waals surface area contributed by atoms with E-state index >= 15 is 0 Å². The van der Waals surface area contributed by atoms with Gasteiger partial charge in [-0.15, -0.1) is 10.2 Å². The Morgan fingerprint density at radius 3 is 2.69 bits per heavy atom. The van der Waals surface area contributed by atoms with E-state index in [1.54, 1.807) is 32.4 Å². The molecule has 0 aliphatic heterocycles. The van der Waals surface area contributed by atoms with Crippen LogP contribution in [-0.2, 0) is 4.79 Å². The molecule has 4 aromatic rings. The zero-order chi connectivity index (χ0) is 22.5. The first-order valence-corrected chi connectivity index (χ1v) is 11.0.